The summed E-state index contributed by atoms with van der Waals surface area (Å²) in [5.74, 6) is 0. The maximum Gasteiger partial charge on any atom is 0.190 e. The maximum atomic E-state index is 8.71. The second-order valence-corrected chi connectivity index (χ2v) is 4.02. The highest BCUT2D eigenvalue weighted by atomic mass is 32.1. The van der Waals surface area contributed by atoms with Crippen molar-refractivity contribution in [3.8, 4) is 6.07 Å². The van der Waals surface area contributed by atoms with E-state index in [-0.39, 0.29) is 0 Å². The largest absolute Gasteiger partial charge is 0.321 e. The van der Waals surface area contributed by atoms with Crippen molar-refractivity contribution in [1.29, 1.82) is 5.26 Å². The average Bonchev–Trinajstić information content (AvgIpc) is 2.78. The number of anilines is 2. The molecule has 0 saturated carbocycles. The number of aromatic nitrogens is 1. The normalized spacial score (nSPS) is 9.60. The highest BCUT2D eigenvalue weighted by molar-refractivity contribution is 7.16. The third kappa shape index (κ3) is 1.97. The number of nitriles is 1. The predicted molar refractivity (Wildman–Crippen MR) is 61.3 cm³/mol. The Morgan fingerprint density at radius 3 is 2.67 bits per heavy atom. The van der Waals surface area contributed by atoms with Crippen molar-refractivity contribution in [2.24, 2.45) is 0 Å². The van der Waals surface area contributed by atoms with Gasteiger partial charge < -0.3 is 4.90 Å². The number of hydrogen-bond donors (Lipinski definition) is 0. The Hall–Kier alpha value is -1.86. The first kappa shape index (κ1) is 9.69. The highest BCUT2D eigenvalue weighted by Crippen LogP contribution is 2.27. The Kier molecular flexibility index (Phi) is 2.66. The van der Waals surface area contributed by atoms with Gasteiger partial charge in [0.2, 0.25) is 0 Å². The molecule has 4 heteroatoms. The molecule has 0 aliphatic heterocycles. The molecule has 0 N–H and O–H groups in total. The van der Waals surface area contributed by atoms with Gasteiger partial charge in [-0.2, -0.15) is 5.26 Å². The van der Waals surface area contributed by atoms with E-state index in [1.165, 1.54) is 11.3 Å². The van der Waals surface area contributed by atoms with Gasteiger partial charge in [0.15, 0.2) is 5.13 Å². The van der Waals surface area contributed by atoms with Gasteiger partial charge in [-0.1, -0.05) is 29.5 Å². The van der Waals surface area contributed by atoms with Gasteiger partial charge in [-0.25, -0.2) is 4.98 Å². The lowest BCUT2D eigenvalue weighted by molar-refractivity contribution is 1.17. The van der Waals surface area contributed by atoms with Gasteiger partial charge in [0.1, 0.15) is 10.9 Å². The van der Waals surface area contributed by atoms with Gasteiger partial charge >= 0.3 is 0 Å². The number of nitrogens with zero attached hydrogens (tertiary/aromatic N) is 3. The van der Waals surface area contributed by atoms with Crippen LogP contribution in [0.25, 0.3) is 0 Å². The van der Waals surface area contributed by atoms with Crippen molar-refractivity contribution in [1.82, 2.24) is 4.98 Å². The van der Waals surface area contributed by atoms with Crippen LogP contribution in [0, 0.1) is 11.3 Å². The molecule has 0 bridgehead atoms. The van der Waals surface area contributed by atoms with Crippen LogP contribution in [0.4, 0.5) is 10.8 Å². The van der Waals surface area contributed by atoms with E-state index in [1.54, 1.807) is 6.20 Å². The summed E-state index contributed by atoms with van der Waals surface area (Å²) in [6.45, 7) is 0. The van der Waals surface area contributed by atoms with Crippen LogP contribution in [0.5, 0.6) is 0 Å². The zero-order valence-corrected chi connectivity index (χ0v) is 9.03. The summed E-state index contributed by atoms with van der Waals surface area (Å²) >= 11 is 1.39. The minimum atomic E-state index is 0.632. The summed E-state index contributed by atoms with van der Waals surface area (Å²) in [5.41, 5.74) is 1.07. The fourth-order valence-electron chi connectivity index (χ4n) is 1.23. The van der Waals surface area contributed by atoms with Crippen LogP contribution < -0.4 is 4.90 Å². The molecule has 2 rings (SSSR count). The van der Waals surface area contributed by atoms with E-state index in [1.807, 2.05) is 42.3 Å². The van der Waals surface area contributed by atoms with Crippen molar-refractivity contribution in [3.63, 3.8) is 0 Å². The van der Waals surface area contributed by atoms with Gasteiger partial charge in [-0.3, -0.25) is 0 Å². The molecule has 3 nitrogen and oxygen atoms in total. The van der Waals surface area contributed by atoms with E-state index in [9.17, 15) is 0 Å². The zero-order valence-electron chi connectivity index (χ0n) is 8.21. The molecule has 1 aromatic heterocycles. The summed E-state index contributed by atoms with van der Waals surface area (Å²) in [4.78, 5) is 6.78. The molecule has 0 aliphatic rings. The molecule has 0 aliphatic carbocycles. The van der Waals surface area contributed by atoms with Gasteiger partial charge in [0.25, 0.3) is 0 Å². The van der Waals surface area contributed by atoms with E-state index in [4.69, 9.17) is 5.26 Å². The first-order valence-corrected chi connectivity index (χ1v) is 5.27. The standard InChI is InChI=1S/C11H9N3S/c1-14(9-5-3-2-4-6-9)11-13-8-10(7-12)15-11/h2-6,8H,1H3. The second kappa shape index (κ2) is 4.11. The third-order valence-electron chi connectivity index (χ3n) is 2.03. The summed E-state index contributed by atoms with van der Waals surface area (Å²) in [6.07, 6.45) is 1.60. The second-order valence-electron chi connectivity index (χ2n) is 3.01. The van der Waals surface area contributed by atoms with Crippen molar-refractivity contribution < 1.29 is 0 Å². The lowest BCUT2D eigenvalue weighted by Gasteiger charge is -2.14. The Balaban J connectivity index is 2.29. The first-order chi connectivity index (χ1) is 7.31. The van der Waals surface area contributed by atoms with Crippen molar-refractivity contribution in [3.05, 3.63) is 41.4 Å². The lowest BCUT2D eigenvalue weighted by atomic mass is 10.3. The molecular formula is C11H9N3S. The summed E-state index contributed by atoms with van der Waals surface area (Å²) in [5, 5.41) is 9.54. The Morgan fingerprint density at radius 2 is 2.07 bits per heavy atom. The molecule has 0 saturated heterocycles. The van der Waals surface area contributed by atoms with E-state index in [0.29, 0.717) is 4.88 Å². The van der Waals surface area contributed by atoms with Crippen molar-refractivity contribution in [2.45, 2.75) is 0 Å². The number of hydrogen-bond acceptors (Lipinski definition) is 4. The number of para-hydroxylation sites is 1. The fourth-order valence-corrected chi connectivity index (χ4v) is 1.93. The smallest absolute Gasteiger partial charge is 0.190 e. The van der Waals surface area contributed by atoms with Crippen LogP contribution in [-0.4, -0.2) is 12.0 Å². The van der Waals surface area contributed by atoms with Crippen LogP contribution in [-0.2, 0) is 0 Å². The van der Waals surface area contributed by atoms with E-state index < -0.39 is 0 Å². The molecule has 0 atom stereocenters. The van der Waals surface area contributed by atoms with Crippen molar-refractivity contribution in [2.75, 3.05) is 11.9 Å². The minimum absolute atomic E-state index is 0.632. The zero-order chi connectivity index (χ0) is 10.7. The van der Waals surface area contributed by atoms with Crippen LogP contribution >= 0.6 is 11.3 Å². The molecule has 0 radical (unpaired) electrons. The van der Waals surface area contributed by atoms with E-state index >= 15 is 0 Å². The molecule has 1 heterocycles. The molecule has 0 amide bonds. The molecule has 15 heavy (non-hydrogen) atoms. The topological polar surface area (TPSA) is 39.9 Å². The minimum Gasteiger partial charge on any atom is -0.321 e. The van der Waals surface area contributed by atoms with Gasteiger partial charge in [0.05, 0.1) is 6.20 Å². The van der Waals surface area contributed by atoms with Crippen LogP contribution in [0.2, 0.25) is 0 Å². The SMILES string of the molecule is CN(c1ccccc1)c1ncc(C#N)s1. The first-order valence-electron chi connectivity index (χ1n) is 4.46. The number of rotatable bonds is 2. The summed E-state index contributed by atoms with van der Waals surface area (Å²) in [7, 11) is 1.94. The monoisotopic (exact) mass is 215 g/mol. The predicted octanol–water partition coefficient (Wildman–Crippen LogP) is 2.78. The van der Waals surface area contributed by atoms with Crippen LogP contribution in [0.15, 0.2) is 36.5 Å². The maximum absolute atomic E-state index is 8.71. The summed E-state index contributed by atoms with van der Waals surface area (Å²) in [6, 6.07) is 12.0. The van der Waals surface area contributed by atoms with E-state index in [0.717, 1.165) is 10.8 Å². The summed E-state index contributed by atoms with van der Waals surface area (Å²) < 4.78 is 0. The van der Waals surface area contributed by atoms with Crippen molar-refractivity contribution >= 4 is 22.2 Å². The highest BCUT2D eigenvalue weighted by Gasteiger charge is 2.07. The Bertz CT molecular complexity index is 484. The molecule has 2 aromatic rings. The van der Waals surface area contributed by atoms with Gasteiger partial charge in [-0.15, -0.1) is 0 Å². The molecule has 74 valence electrons. The fraction of sp³-hybridized carbons (Fsp3) is 0.0909. The number of benzene rings is 1. The average molecular weight is 215 g/mol. The molecule has 0 unspecified atom stereocenters. The molecule has 0 spiro atoms. The van der Waals surface area contributed by atoms with E-state index in [2.05, 4.69) is 11.1 Å². The van der Waals surface area contributed by atoms with Crippen LogP contribution in [0.1, 0.15) is 4.88 Å². The Morgan fingerprint density at radius 1 is 1.33 bits per heavy atom. The molecule has 0 fully saturated rings. The number of thiazole rings is 1. The molecule has 1 aromatic carbocycles. The molecular weight excluding hydrogens is 206 g/mol. The lowest BCUT2D eigenvalue weighted by Crippen LogP contribution is -2.08. The quantitative estimate of drug-likeness (QED) is 0.773. The third-order valence-corrected chi connectivity index (χ3v) is 3.01. The van der Waals surface area contributed by atoms with Gasteiger partial charge in [0, 0.05) is 12.7 Å². The Labute approximate surface area is 92.2 Å². The van der Waals surface area contributed by atoms with Crippen LogP contribution in [0.3, 0.4) is 0 Å². The van der Waals surface area contributed by atoms with Gasteiger partial charge in [-0.05, 0) is 12.1 Å².